The molecule has 1 heterocycles. The summed E-state index contributed by atoms with van der Waals surface area (Å²) in [7, 11) is 0. The van der Waals surface area contributed by atoms with Crippen LogP contribution in [0.1, 0.15) is 39.5 Å². The normalized spacial score (nSPS) is 31.2. The molecule has 2 unspecified atom stereocenters. The van der Waals surface area contributed by atoms with Crippen LogP contribution in [-0.2, 0) is 4.79 Å². The number of amides is 1. The van der Waals surface area contributed by atoms with Gasteiger partial charge in [0.15, 0.2) is 0 Å². The van der Waals surface area contributed by atoms with E-state index in [1.54, 1.807) is 0 Å². The summed E-state index contributed by atoms with van der Waals surface area (Å²) in [5.41, 5.74) is 0. The van der Waals surface area contributed by atoms with E-state index in [-0.39, 0.29) is 11.8 Å². The molecule has 1 aliphatic heterocycles. The fraction of sp³-hybridized carbons (Fsp3) is 0.923. The Morgan fingerprint density at radius 2 is 1.94 bits per heavy atom. The molecule has 2 rings (SSSR count). The third-order valence-electron chi connectivity index (χ3n) is 4.16. The van der Waals surface area contributed by atoms with Crippen LogP contribution in [0.3, 0.4) is 0 Å². The van der Waals surface area contributed by atoms with E-state index in [0.717, 1.165) is 13.1 Å². The molecule has 2 aliphatic rings. The zero-order valence-corrected chi connectivity index (χ0v) is 10.5. The first-order chi connectivity index (χ1) is 7.68. The quantitative estimate of drug-likeness (QED) is 0.763. The van der Waals surface area contributed by atoms with Crippen molar-refractivity contribution in [2.45, 2.75) is 45.6 Å². The van der Waals surface area contributed by atoms with Gasteiger partial charge in [-0.05, 0) is 24.7 Å². The molecule has 2 fully saturated rings. The molecule has 1 aliphatic carbocycles. The number of rotatable bonds is 3. The van der Waals surface area contributed by atoms with Crippen molar-refractivity contribution >= 4 is 5.91 Å². The Morgan fingerprint density at radius 1 is 1.25 bits per heavy atom. The van der Waals surface area contributed by atoms with Gasteiger partial charge in [-0.1, -0.05) is 26.7 Å². The molecule has 0 aromatic carbocycles. The van der Waals surface area contributed by atoms with Crippen molar-refractivity contribution in [3.63, 3.8) is 0 Å². The van der Waals surface area contributed by atoms with E-state index in [2.05, 4.69) is 24.5 Å². The molecule has 2 N–H and O–H groups in total. The smallest absolute Gasteiger partial charge is 0.225 e. The van der Waals surface area contributed by atoms with E-state index in [0.29, 0.717) is 17.9 Å². The van der Waals surface area contributed by atoms with Crippen LogP contribution in [0.15, 0.2) is 0 Å². The summed E-state index contributed by atoms with van der Waals surface area (Å²) in [4.78, 5) is 11.9. The van der Waals surface area contributed by atoms with Crippen molar-refractivity contribution in [2.24, 2.45) is 17.8 Å². The van der Waals surface area contributed by atoms with Gasteiger partial charge in [0.2, 0.25) is 5.91 Å². The van der Waals surface area contributed by atoms with Crippen molar-refractivity contribution in [1.82, 2.24) is 10.6 Å². The average molecular weight is 224 g/mol. The molecule has 1 amide bonds. The van der Waals surface area contributed by atoms with Gasteiger partial charge in [-0.25, -0.2) is 0 Å². The van der Waals surface area contributed by atoms with E-state index in [1.807, 2.05) is 0 Å². The van der Waals surface area contributed by atoms with Gasteiger partial charge in [-0.15, -0.1) is 0 Å². The van der Waals surface area contributed by atoms with Gasteiger partial charge in [-0.2, -0.15) is 0 Å². The van der Waals surface area contributed by atoms with Crippen LogP contribution in [0, 0.1) is 17.8 Å². The predicted octanol–water partition coefficient (Wildman–Crippen LogP) is 1.54. The third kappa shape index (κ3) is 2.57. The van der Waals surface area contributed by atoms with Gasteiger partial charge in [0.1, 0.15) is 0 Å². The first kappa shape index (κ1) is 11.9. The standard InChI is InChI=1S/C13H24N2O/c1-9(2)11-5-3-4-6-12(11)15-13(16)10-7-14-8-10/h9-12,14H,3-8H2,1-2H3,(H,15,16). The molecule has 3 heteroatoms. The molecule has 2 atom stereocenters. The van der Waals surface area contributed by atoms with E-state index in [4.69, 9.17) is 0 Å². The molecule has 0 radical (unpaired) electrons. The minimum atomic E-state index is 0.231. The molecule has 16 heavy (non-hydrogen) atoms. The lowest BCUT2D eigenvalue weighted by atomic mass is 9.77. The lowest BCUT2D eigenvalue weighted by Crippen LogP contribution is -2.54. The maximum Gasteiger partial charge on any atom is 0.225 e. The molecule has 92 valence electrons. The highest BCUT2D eigenvalue weighted by Gasteiger charge is 2.32. The van der Waals surface area contributed by atoms with Crippen LogP contribution >= 0.6 is 0 Å². The summed E-state index contributed by atoms with van der Waals surface area (Å²) in [5.74, 6) is 1.88. The van der Waals surface area contributed by atoms with Crippen LogP contribution in [-0.4, -0.2) is 25.0 Å². The number of hydrogen-bond acceptors (Lipinski definition) is 2. The van der Waals surface area contributed by atoms with Crippen LogP contribution in [0.25, 0.3) is 0 Å². The Bertz CT molecular complexity index is 248. The number of carbonyl (C=O) groups is 1. The van der Waals surface area contributed by atoms with Gasteiger partial charge >= 0.3 is 0 Å². The summed E-state index contributed by atoms with van der Waals surface area (Å²) in [6.45, 7) is 6.29. The minimum absolute atomic E-state index is 0.231. The number of carbonyl (C=O) groups excluding carboxylic acids is 1. The summed E-state index contributed by atoms with van der Waals surface area (Å²) in [5, 5.41) is 6.43. The van der Waals surface area contributed by atoms with E-state index >= 15 is 0 Å². The van der Waals surface area contributed by atoms with Crippen molar-refractivity contribution in [1.29, 1.82) is 0 Å². The number of hydrogen-bond donors (Lipinski definition) is 2. The lowest BCUT2D eigenvalue weighted by Gasteiger charge is -2.37. The summed E-state index contributed by atoms with van der Waals surface area (Å²) < 4.78 is 0. The Morgan fingerprint density at radius 3 is 2.50 bits per heavy atom. The monoisotopic (exact) mass is 224 g/mol. The first-order valence-corrected chi connectivity index (χ1v) is 6.69. The topological polar surface area (TPSA) is 41.1 Å². The molecular formula is C13H24N2O. The Hall–Kier alpha value is -0.570. The molecule has 1 saturated heterocycles. The van der Waals surface area contributed by atoms with Crippen LogP contribution < -0.4 is 10.6 Å². The molecular weight excluding hydrogens is 200 g/mol. The van der Waals surface area contributed by atoms with Crippen molar-refractivity contribution in [3.8, 4) is 0 Å². The van der Waals surface area contributed by atoms with Crippen molar-refractivity contribution in [3.05, 3.63) is 0 Å². The second kappa shape index (κ2) is 5.17. The Labute approximate surface area is 98.4 Å². The third-order valence-corrected chi connectivity index (χ3v) is 4.16. The van der Waals surface area contributed by atoms with Crippen LogP contribution in [0.5, 0.6) is 0 Å². The predicted molar refractivity (Wildman–Crippen MR) is 65.1 cm³/mol. The van der Waals surface area contributed by atoms with Gasteiger partial charge in [0.05, 0.1) is 5.92 Å². The Kier molecular flexibility index (Phi) is 3.85. The second-order valence-electron chi connectivity index (χ2n) is 5.66. The zero-order valence-electron chi connectivity index (χ0n) is 10.5. The summed E-state index contributed by atoms with van der Waals surface area (Å²) >= 11 is 0. The average Bonchev–Trinajstić information content (AvgIpc) is 2.15. The fourth-order valence-corrected chi connectivity index (χ4v) is 2.91. The van der Waals surface area contributed by atoms with Crippen molar-refractivity contribution < 1.29 is 4.79 Å². The highest BCUT2D eigenvalue weighted by Crippen LogP contribution is 2.30. The van der Waals surface area contributed by atoms with E-state index in [9.17, 15) is 4.79 Å². The zero-order chi connectivity index (χ0) is 11.5. The van der Waals surface area contributed by atoms with E-state index < -0.39 is 0 Å². The highest BCUT2D eigenvalue weighted by molar-refractivity contribution is 5.80. The molecule has 0 bridgehead atoms. The largest absolute Gasteiger partial charge is 0.353 e. The van der Waals surface area contributed by atoms with Gasteiger partial charge in [0, 0.05) is 19.1 Å². The second-order valence-corrected chi connectivity index (χ2v) is 5.66. The Balaban J connectivity index is 1.87. The van der Waals surface area contributed by atoms with Gasteiger partial charge in [-0.3, -0.25) is 4.79 Å². The molecule has 0 aromatic heterocycles. The summed E-state index contributed by atoms with van der Waals surface area (Å²) in [6.07, 6.45) is 5.07. The maximum atomic E-state index is 11.9. The van der Waals surface area contributed by atoms with Crippen molar-refractivity contribution in [2.75, 3.05) is 13.1 Å². The number of nitrogens with one attached hydrogen (secondary N) is 2. The van der Waals surface area contributed by atoms with E-state index in [1.165, 1.54) is 25.7 Å². The SMILES string of the molecule is CC(C)C1CCCCC1NC(=O)C1CNC1. The minimum Gasteiger partial charge on any atom is -0.353 e. The van der Waals surface area contributed by atoms with Gasteiger partial charge in [0.25, 0.3) is 0 Å². The van der Waals surface area contributed by atoms with Crippen LogP contribution in [0.2, 0.25) is 0 Å². The molecule has 1 saturated carbocycles. The highest BCUT2D eigenvalue weighted by atomic mass is 16.2. The molecule has 3 nitrogen and oxygen atoms in total. The maximum absolute atomic E-state index is 11.9. The fourth-order valence-electron chi connectivity index (χ4n) is 2.91. The lowest BCUT2D eigenvalue weighted by molar-refractivity contribution is -0.127. The molecule has 0 aromatic rings. The summed E-state index contributed by atoms with van der Waals surface area (Å²) in [6, 6.07) is 0.432. The van der Waals surface area contributed by atoms with Gasteiger partial charge < -0.3 is 10.6 Å². The van der Waals surface area contributed by atoms with Crippen LogP contribution in [0.4, 0.5) is 0 Å². The molecule has 0 spiro atoms. The first-order valence-electron chi connectivity index (χ1n) is 6.69.